The predicted octanol–water partition coefficient (Wildman–Crippen LogP) is 2.13. The van der Waals surface area contributed by atoms with Gasteiger partial charge in [-0.2, -0.15) is 5.26 Å². The van der Waals surface area contributed by atoms with Crippen LogP contribution in [0.4, 0.5) is 13.6 Å². The molecule has 2 aliphatic heterocycles. The van der Waals surface area contributed by atoms with Gasteiger partial charge in [-0.05, 0) is 44.7 Å². The van der Waals surface area contributed by atoms with Crippen LogP contribution in [-0.2, 0) is 15.9 Å². The van der Waals surface area contributed by atoms with Crippen molar-refractivity contribution in [3.63, 3.8) is 0 Å². The maximum Gasteiger partial charge on any atom is 0.635 e. The van der Waals surface area contributed by atoms with Gasteiger partial charge in [0, 0.05) is 51.1 Å². The molecule has 1 aromatic carbocycles. The summed E-state index contributed by atoms with van der Waals surface area (Å²) in [5.74, 6) is -3.29. The first-order valence-electron chi connectivity index (χ1n) is 13.5. The average Bonchev–Trinajstić information content (AvgIpc) is 3.28. The van der Waals surface area contributed by atoms with Crippen molar-refractivity contribution >= 4 is 19.3 Å². The number of likely N-dealkylation sites (tertiary alicyclic amines) is 2. The molecule has 0 aromatic heterocycles. The van der Waals surface area contributed by atoms with Gasteiger partial charge in [-0.1, -0.05) is 30.3 Å². The highest BCUT2D eigenvalue weighted by Crippen LogP contribution is 2.33. The largest absolute Gasteiger partial charge is 0.635 e. The van der Waals surface area contributed by atoms with Gasteiger partial charge >= 0.3 is 13.4 Å². The van der Waals surface area contributed by atoms with Crippen molar-refractivity contribution in [1.29, 1.82) is 5.26 Å². The number of hydrogen-bond donors (Lipinski definition) is 3. The van der Waals surface area contributed by atoms with Crippen molar-refractivity contribution in [1.82, 2.24) is 20.0 Å². The lowest BCUT2D eigenvalue weighted by Crippen LogP contribution is -2.53. The summed E-state index contributed by atoms with van der Waals surface area (Å²) < 4.78 is 32.7. The molecule has 2 saturated heterocycles. The summed E-state index contributed by atoms with van der Waals surface area (Å²) >= 11 is 0. The molecule has 3 N–H and O–H groups in total. The molecule has 3 rings (SSSR count). The summed E-state index contributed by atoms with van der Waals surface area (Å²) in [4.78, 5) is 31.0. The van der Waals surface area contributed by atoms with E-state index >= 15 is 0 Å². The molecule has 13 heteroatoms. The van der Waals surface area contributed by atoms with Gasteiger partial charge in [0.1, 0.15) is 17.9 Å². The highest BCUT2D eigenvalue weighted by atomic mass is 19.3. The number of urea groups is 1. The highest BCUT2D eigenvalue weighted by Gasteiger charge is 2.43. The van der Waals surface area contributed by atoms with Crippen LogP contribution in [0.5, 0.6) is 0 Å². The van der Waals surface area contributed by atoms with Crippen molar-refractivity contribution in [2.24, 2.45) is 0 Å². The van der Waals surface area contributed by atoms with Crippen molar-refractivity contribution in [3.05, 3.63) is 47.5 Å². The number of carbonyl (C=O) groups excluding carboxylic acids is 2. The van der Waals surface area contributed by atoms with Crippen LogP contribution in [-0.4, -0.2) is 101 Å². The number of alkyl halides is 2. The Balaban J connectivity index is 1.68. The van der Waals surface area contributed by atoms with E-state index in [2.05, 4.69) is 5.32 Å². The number of carbonyl (C=O) groups is 2. The van der Waals surface area contributed by atoms with Crippen molar-refractivity contribution in [2.45, 2.75) is 69.7 Å². The van der Waals surface area contributed by atoms with Gasteiger partial charge in [0.05, 0.1) is 6.54 Å². The third-order valence-corrected chi connectivity index (χ3v) is 7.39. The lowest BCUT2D eigenvalue weighted by Gasteiger charge is -2.38. The highest BCUT2D eigenvalue weighted by molar-refractivity contribution is 6.32. The predicted molar refractivity (Wildman–Crippen MR) is 145 cm³/mol. The number of piperidine rings is 1. The minimum Gasteiger partial charge on any atom is -0.402 e. The molecule has 2 aliphatic rings. The Morgan fingerprint density at radius 2 is 2.00 bits per heavy atom. The van der Waals surface area contributed by atoms with E-state index in [0.717, 1.165) is 18.4 Å². The molecule has 2 heterocycles. The van der Waals surface area contributed by atoms with E-state index in [1.807, 2.05) is 36.4 Å². The van der Waals surface area contributed by atoms with Gasteiger partial charge in [-0.25, -0.2) is 13.6 Å². The summed E-state index contributed by atoms with van der Waals surface area (Å²) in [7, 11) is -0.530. The number of halogens is 2. The second-order valence-electron chi connectivity index (χ2n) is 11.0. The Morgan fingerprint density at radius 3 is 2.60 bits per heavy atom. The molecule has 0 bridgehead atoms. The summed E-state index contributed by atoms with van der Waals surface area (Å²) in [6, 6.07) is 10.2. The van der Waals surface area contributed by atoms with Crippen LogP contribution in [0.25, 0.3) is 0 Å². The minimum atomic E-state index is -2.80. The summed E-state index contributed by atoms with van der Waals surface area (Å²) in [5.41, 5.74) is -0.225. The molecule has 0 unspecified atom stereocenters. The van der Waals surface area contributed by atoms with Crippen molar-refractivity contribution < 1.29 is 33.1 Å². The molecular weight excluding hydrogens is 523 g/mol. The monoisotopic (exact) mass is 561 g/mol. The molecule has 0 saturated carbocycles. The van der Waals surface area contributed by atoms with E-state index in [9.17, 15) is 33.7 Å². The molecule has 1 aromatic rings. The fourth-order valence-corrected chi connectivity index (χ4v) is 5.18. The van der Waals surface area contributed by atoms with E-state index in [1.54, 1.807) is 30.7 Å². The van der Waals surface area contributed by atoms with Crippen LogP contribution in [0.1, 0.15) is 45.1 Å². The molecule has 218 valence electrons. The first-order valence-corrected chi connectivity index (χ1v) is 13.5. The molecular formula is C27H38BF2N5O5. The number of hydrogen-bond acceptors (Lipinski definition) is 7. The van der Waals surface area contributed by atoms with Crippen LogP contribution in [0.3, 0.4) is 0 Å². The lowest BCUT2D eigenvalue weighted by atomic mass is 9.96. The zero-order valence-corrected chi connectivity index (χ0v) is 23.2. The minimum absolute atomic E-state index is 0.118. The van der Waals surface area contributed by atoms with Gasteiger partial charge < -0.3 is 29.8 Å². The summed E-state index contributed by atoms with van der Waals surface area (Å²) in [5, 5.41) is 31.1. The molecule has 2 fully saturated rings. The maximum absolute atomic E-state index is 13.8. The van der Waals surface area contributed by atoms with Crippen LogP contribution in [0.15, 0.2) is 42.0 Å². The number of nitrogens with one attached hydrogen (secondary N) is 1. The molecule has 3 amide bonds. The Hall–Kier alpha value is -3.05. The van der Waals surface area contributed by atoms with Crippen LogP contribution < -0.4 is 5.32 Å². The normalized spacial score (nSPS) is 20.5. The Kier molecular flexibility index (Phi) is 10.7. The number of amides is 3. The zero-order valence-electron chi connectivity index (χ0n) is 23.2. The van der Waals surface area contributed by atoms with Gasteiger partial charge in [0.2, 0.25) is 0 Å². The maximum atomic E-state index is 13.8. The lowest BCUT2D eigenvalue weighted by molar-refractivity contribution is -0.130. The summed E-state index contributed by atoms with van der Waals surface area (Å²) in [6.45, 7) is 3.72. The Bertz CT molecular complexity index is 1100. The number of nitriles is 1. The quantitative estimate of drug-likeness (QED) is 0.173. The van der Waals surface area contributed by atoms with Crippen LogP contribution >= 0.6 is 0 Å². The van der Waals surface area contributed by atoms with E-state index < -0.39 is 43.5 Å². The van der Waals surface area contributed by atoms with Crippen LogP contribution in [0, 0.1) is 11.3 Å². The second-order valence-corrected chi connectivity index (χ2v) is 11.0. The number of rotatable bonds is 10. The zero-order chi connectivity index (χ0) is 29.5. The topological polar surface area (TPSA) is 129 Å². The third kappa shape index (κ3) is 8.73. The third-order valence-electron chi connectivity index (χ3n) is 7.39. The van der Waals surface area contributed by atoms with E-state index in [1.165, 1.54) is 11.0 Å². The van der Waals surface area contributed by atoms with Gasteiger partial charge in [-0.15, -0.1) is 0 Å². The number of likely N-dealkylation sites (N-methyl/N-ethyl adjacent to an activating group) is 1. The molecule has 10 nitrogen and oxygen atoms in total. The molecule has 40 heavy (non-hydrogen) atoms. The standard InChI is InChI=1S/C27H38BF2N5O5/c1-26(2,34-14-12-27(29,30)19-34)16-21(17-31)24(36)35-13-8-7-11-22(35)18-33(3)25(37)32-23(40-28(38)39)15-20-9-5-4-6-10-20/h4-6,9-10,16,22-23,38-39H,7-8,11-15,18-19H2,1-3H3,(H,32,37)/t22-,23-/m1/s1. The van der Waals surface area contributed by atoms with Crippen molar-refractivity contribution in [3.8, 4) is 6.07 Å². The molecule has 0 spiro atoms. The fourth-order valence-electron chi connectivity index (χ4n) is 5.18. The second kappa shape index (κ2) is 13.5. The van der Waals surface area contributed by atoms with Gasteiger partial charge in [0.25, 0.3) is 11.8 Å². The van der Waals surface area contributed by atoms with E-state index in [0.29, 0.717) is 13.0 Å². The van der Waals surface area contributed by atoms with Gasteiger partial charge in [-0.3, -0.25) is 9.69 Å². The first kappa shape index (κ1) is 31.5. The SMILES string of the molecule is CN(C[C@H]1CCCCN1C(=O)C(C#N)=CC(C)(C)N1CCC(F)(F)C1)C(=O)N[C@@H](Cc1ccccc1)OB(O)O. The van der Waals surface area contributed by atoms with E-state index in [-0.39, 0.29) is 37.5 Å². The molecule has 0 aliphatic carbocycles. The molecule has 0 radical (unpaired) electrons. The Labute approximate surface area is 234 Å². The first-order chi connectivity index (χ1) is 18.8. The van der Waals surface area contributed by atoms with Crippen molar-refractivity contribution in [2.75, 3.05) is 33.2 Å². The summed E-state index contributed by atoms with van der Waals surface area (Å²) in [6.07, 6.45) is 2.56. The molecule has 2 atom stereocenters. The fraction of sp³-hybridized carbons (Fsp3) is 0.593. The van der Waals surface area contributed by atoms with Gasteiger partial charge in [0.15, 0.2) is 0 Å². The number of benzene rings is 1. The smallest absolute Gasteiger partial charge is 0.402 e. The average molecular weight is 561 g/mol. The van der Waals surface area contributed by atoms with E-state index in [4.69, 9.17) is 4.65 Å². The number of nitrogens with zero attached hydrogens (tertiary/aromatic N) is 4. The Morgan fingerprint density at radius 1 is 1.30 bits per heavy atom. The van der Waals surface area contributed by atoms with Crippen LogP contribution in [0.2, 0.25) is 0 Å².